The van der Waals surface area contributed by atoms with Crippen LogP contribution in [0.15, 0.2) is 49.3 Å². The number of anilines is 1. The van der Waals surface area contributed by atoms with Gasteiger partial charge in [-0.25, -0.2) is 15.0 Å². The molecule has 0 fully saturated rings. The van der Waals surface area contributed by atoms with E-state index in [1.165, 1.54) is 12.7 Å². The van der Waals surface area contributed by atoms with Crippen molar-refractivity contribution in [1.29, 1.82) is 0 Å². The molecule has 0 spiro atoms. The number of amides is 1. The van der Waals surface area contributed by atoms with E-state index in [0.717, 1.165) is 5.56 Å². The maximum atomic E-state index is 12.5. The molecule has 0 bridgehead atoms. The normalized spacial score (nSPS) is 11.8. The van der Waals surface area contributed by atoms with Gasteiger partial charge in [-0.15, -0.1) is 0 Å². The van der Waals surface area contributed by atoms with Crippen molar-refractivity contribution < 1.29 is 9.90 Å². The maximum absolute atomic E-state index is 12.5. The largest absolute Gasteiger partial charge is 0.395 e. The number of benzene rings is 1. The molecule has 0 aliphatic heterocycles. The molecule has 2 heterocycles. The fourth-order valence-electron chi connectivity index (χ4n) is 2.58. The van der Waals surface area contributed by atoms with Crippen LogP contribution in [0.4, 0.5) is 5.82 Å². The first kappa shape index (κ1) is 18.5. The zero-order valence-corrected chi connectivity index (χ0v) is 14.9. The molecule has 3 N–H and O–H groups in total. The molecule has 0 saturated carbocycles. The lowest BCUT2D eigenvalue weighted by Gasteiger charge is -2.14. The molecule has 1 atom stereocenters. The van der Waals surface area contributed by atoms with Crippen molar-refractivity contribution in [2.45, 2.75) is 19.5 Å². The average molecular weight is 367 g/mol. The fraction of sp³-hybridized carbons (Fsp3) is 0.278. The molecule has 0 unspecified atom stereocenters. The van der Waals surface area contributed by atoms with E-state index < -0.39 is 0 Å². The number of carbonyl (C=O) groups is 1. The molecule has 9 heteroatoms. The lowest BCUT2D eigenvalue weighted by atomic mass is 10.1. The number of aliphatic hydroxyl groups excluding tert-OH is 1. The Morgan fingerprint density at radius 2 is 2.15 bits per heavy atom. The topological polar surface area (TPSA) is 118 Å². The number of aliphatic hydroxyl groups is 1. The number of carbonyl (C=O) groups excluding carboxylic acids is 1. The van der Waals surface area contributed by atoms with Crippen molar-refractivity contribution in [3.63, 3.8) is 0 Å². The number of nitrogens with one attached hydrogen (secondary N) is 2. The van der Waals surface area contributed by atoms with Crippen LogP contribution in [-0.4, -0.2) is 54.9 Å². The van der Waals surface area contributed by atoms with Gasteiger partial charge in [-0.05, 0) is 19.1 Å². The highest BCUT2D eigenvalue weighted by Crippen LogP contribution is 2.20. The van der Waals surface area contributed by atoms with Gasteiger partial charge in [0.15, 0.2) is 0 Å². The van der Waals surface area contributed by atoms with Crippen LogP contribution in [0, 0.1) is 0 Å². The molecule has 0 saturated heterocycles. The number of hydrogen-bond acceptors (Lipinski definition) is 7. The molecule has 3 rings (SSSR count). The summed E-state index contributed by atoms with van der Waals surface area (Å²) in [5, 5.41) is 18.9. The van der Waals surface area contributed by atoms with Crippen LogP contribution in [-0.2, 0) is 6.54 Å². The lowest BCUT2D eigenvalue weighted by Crippen LogP contribution is -2.35. The molecule has 0 aliphatic carbocycles. The minimum absolute atomic E-state index is 0.0156. The van der Waals surface area contributed by atoms with Crippen LogP contribution in [0.3, 0.4) is 0 Å². The highest BCUT2D eigenvalue weighted by Gasteiger charge is 2.12. The first-order chi connectivity index (χ1) is 13.2. The predicted molar refractivity (Wildman–Crippen MR) is 100.0 cm³/mol. The number of aromatic nitrogens is 5. The highest BCUT2D eigenvalue weighted by molar-refractivity contribution is 5.95. The Labute approximate surface area is 156 Å². The molecule has 9 nitrogen and oxygen atoms in total. The highest BCUT2D eigenvalue weighted by atomic mass is 16.3. The van der Waals surface area contributed by atoms with Gasteiger partial charge in [-0.3, -0.25) is 9.48 Å². The summed E-state index contributed by atoms with van der Waals surface area (Å²) in [5.41, 5.74) is 2.04. The van der Waals surface area contributed by atoms with Crippen LogP contribution in [0.5, 0.6) is 0 Å². The Kier molecular flexibility index (Phi) is 6.06. The first-order valence-electron chi connectivity index (χ1n) is 8.56. The molecule has 0 radical (unpaired) electrons. The summed E-state index contributed by atoms with van der Waals surface area (Å²) < 4.78 is 1.67. The Morgan fingerprint density at radius 1 is 1.26 bits per heavy atom. The average Bonchev–Trinajstić information content (AvgIpc) is 3.19. The van der Waals surface area contributed by atoms with Crippen LogP contribution in [0.1, 0.15) is 17.3 Å². The van der Waals surface area contributed by atoms with Gasteiger partial charge in [0.25, 0.3) is 5.91 Å². The van der Waals surface area contributed by atoms with Gasteiger partial charge in [0.1, 0.15) is 24.8 Å². The van der Waals surface area contributed by atoms with E-state index in [9.17, 15) is 4.79 Å². The van der Waals surface area contributed by atoms with Crippen LogP contribution >= 0.6 is 0 Å². The lowest BCUT2D eigenvalue weighted by molar-refractivity contribution is 0.0936. The smallest absolute Gasteiger partial charge is 0.251 e. The van der Waals surface area contributed by atoms with E-state index in [1.54, 1.807) is 29.2 Å². The second-order valence-corrected chi connectivity index (χ2v) is 6.01. The van der Waals surface area contributed by atoms with E-state index in [1.807, 2.05) is 19.1 Å². The van der Waals surface area contributed by atoms with Gasteiger partial charge in [-0.1, -0.05) is 12.1 Å². The molecule has 0 aliphatic rings. The van der Waals surface area contributed by atoms with Crippen molar-refractivity contribution in [3.8, 4) is 11.3 Å². The monoisotopic (exact) mass is 367 g/mol. The molecular formula is C18H21N7O2. The minimum Gasteiger partial charge on any atom is -0.395 e. The zero-order chi connectivity index (χ0) is 19.1. The minimum atomic E-state index is -0.169. The first-order valence-corrected chi connectivity index (χ1v) is 8.56. The number of nitrogens with zero attached hydrogens (tertiary/aromatic N) is 5. The van der Waals surface area contributed by atoms with Gasteiger partial charge in [0, 0.05) is 29.8 Å². The van der Waals surface area contributed by atoms with E-state index in [2.05, 4.69) is 30.7 Å². The third kappa shape index (κ3) is 5.08. The third-order valence-electron chi connectivity index (χ3n) is 3.81. The Bertz CT molecular complexity index is 883. The summed E-state index contributed by atoms with van der Waals surface area (Å²) in [4.78, 5) is 24.8. The molecule has 2 aromatic heterocycles. The molecule has 140 valence electrons. The molecule has 1 amide bonds. The van der Waals surface area contributed by atoms with Gasteiger partial charge < -0.3 is 15.7 Å². The molecule has 27 heavy (non-hydrogen) atoms. The van der Waals surface area contributed by atoms with Crippen molar-refractivity contribution >= 4 is 11.7 Å². The summed E-state index contributed by atoms with van der Waals surface area (Å²) in [7, 11) is 0. The van der Waals surface area contributed by atoms with Crippen molar-refractivity contribution in [3.05, 3.63) is 54.9 Å². The van der Waals surface area contributed by atoms with Gasteiger partial charge in [0.2, 0.25) is 0 Å². The molecule has 1 aromatic carbocycles. The summed E-state index contributed by atoms with van der Waals surface area (Å²) in [6.45, 7) is 2.87. The summed E-state index contributed by atoms with van der Waals surface area (Å²) >= 11 is 0. The fourth-order valence-corrected chi connectivity index (χ4v) is 2.58. The molecular weight excluding hydrogens is 346 g/mol. The summed E-state index contributed by atoms with van der Waals surface area (Å²) in [6, 6.07) is 8.92. The van der Waals surface area contributed by atoms with Gasteiger partial charge >= 0.3 is 0 Å². The molecule has 3 aromatic rings. The van der Waals surface area contributed by atoms with Crippen LogP contribution < -0.4 is 10.6 Å². The van der Waals surface area contributed by atoms with E-state index in [0.29, 0.717) is 30.2 Å². The SMILES string of the molecule is C[C@H](Cn1cncn1)NC(=O)c1cccc(-c2cc(NCCO)ncn2)c1. The zero-order valence-electron chi connectivity index (χ0n) is 14.9. The number of rotatable bonds is 8. The number of hydrogen-bond donors (Lipinski definition) is 3. The maximum Gasteiger partial charge on any atom is 0.251 e. The standard InChI is InChI=1S/C18H21N7O2/c1-13(9-25-12-19-10-23-25)24-18(27)15-4-2-3-14(7-15)16-8-17(20-5-6-26)22-11-21-16/h2-4,7-8,10-13,26H,5-6,9H2,1H3,(H,24,27)(H,20,21,22)/t13-/m1/s1. The second kappa shape index (κ2) is 8.86. The predicted octanol–water partition coefficient (Wildman–Crippen LogP) is 0.958. The van der Waals surface area contributed by atoms with E-state index >= 15 is 0 Å². The van der Waals surface area contributed by atoms with Crippen LogP contribution in [0.25, 0.3) is 11.3 Å². The third-order valence-corrected chi connectivity index (χ3v) is 3.81. The quantitative estimate of drug-likeness (QED) is 0.543. The Balaban J connectivity index is 1.70. The summed E-state index contributed by atoms with van der Waals surface area (Å²) in [5.74, 6) is 0.447. The van der Waals surface area contributed by atoms with Crippen LogP contribution in [0.2, 0.25) is 0 Å². The summed E-state index contributed by atoms with van der Waals surface area (Å²) in [6.07, 6.45) is 4.52. The van der Waals surface area contributed by atoms with Gasteiger partial charge in [0.05, 0.1) is 18.8 Å². The van der Waals surface area contributed by atoms with E-state index in [-0.39, 0.29) is 18.6 Å². The Morgan fingerprint density at radius 3 is 2.93 bits per heavy atom. The van der Waals surface area contributed by atoms with Crippen molar-refractivity contribution in [2.24, 2.45) is 0 Å². The van der Waals surface area contributed by atoms with Gasteiger partial charge in [-0.2, -0.15) is 5.10 Å². The van der Waals surface area contributed by atoms with Crippen molar-refractivity contribution in [1.82, 2.24) is 30.0 Å². The van der Waals surface area contributed by atoms with Crippen molar-refractivity contribution in [2.75, 3.05) is 18.5 Å². The van der Waals surface area contributed by atoms with E-state index in [4.69, 9.17) is 5.11 Å². The second-order valence-electron chi connectivity index (χ2n) is 6.01. The Hall–Kier alpha value is -3.33.